The summed E-state index contributed by atoms with van der Waals surface area (Å²) in [6.45, 7) is 0.247. The molecule has 10 heteroatoms. The minimum atomic E-state index is -1.62. The van der Waals surface area contributed by atoms with E-state index in [1.807, 2.05) is 30.3 Å². The Labute approximate surface area is 197 Å². The van der Waals surface area contributed by atoms with Crippen LogP contribution in [0, 0.1) is 0 Å². The number of benzene rings is 2. The highest BCUT2D eigenvalue weighted by Gasteiger charge is 2.38. The van der Waals surface area contributed by atoms with Crippen LogP contribution in [0.1, 0.15) is 37.7 Å². The molecule has 3 amide bonds. The summed E-state index contributed by atoms with van der Waals surface area (Å²) in [6.07, 6.45) is 0.641. The Bertz CT molecular complexity index is 981. The van der Waals surface area contributed by atoms with Crippen LogP contribution in [-0.4, -0.2) is 41.1 Å². The van der Waals surface area contributed by atoms with Crippen LogP contribution in [0.15, 0.2) is 54.6 Å². The summed E-state index contributed by atoms with van der Waals surface area (Å²) in [5.41, 5.74) is 10.7. The van der Waals surface area contributed by atoms with Crippen molar-refractivity contribution < 1.29 is 29.0 Å². The van der Waals surface area contributed by atoms with Crippen molar-refractivity contribution in [2.75, 3.05) is 11.9 Å². The number of rotatable bonds is 15. The van der Waals surface area contributed by atoms with Crippen molar-refractivity contribution in [2.45, 2.75) is 44.2 Å². The number of primary amides is 2. The molecular weight excluding hydrogens is 440 g/mol. The molecule has 0 radical (unpaired) electrons. The largest absolute Gasteiger partial charge is 0.494 e. The zero-order chi connectivity index (χ0) is 25.0. The van der Waals surface area contributed by atoms with Crippen molar-refractivity contribution in [3.05, 3.63) is 60.2 Å². The highest BCUT2D eigenvalue weighted by Crippen LogP contribution is 2.22. The number of carboxylic acid groups (broad SMARTS) is 1. The highest BCUT2D eigenvalue weighted by molar-refractivity contribution is 5.93. The van der Waals surface area contributed by atoms with Crippen LogP contribution in [0.4, 0.5) is 5.69 Å². The van der Waals surface area contributed by atoms with E-state index in [4.69, 9.17) is 21.3 Å². The van der Waals surface area contributed by atoms with Gasteiger partial charge in [0.05, 0.1) is 6.61 Å². The van der Waals surface area contributed by atoms with Crippen LogP contribution >= 0.6 is 0 Å². The Morgan fingerprint density at radius 1 is 0.912 bits per heavy atom. The van der Waals surface area contributed by atoms with Gasteiger partial charge in [0.25, 0.3) is 5.91 Å². The van der Waals surface area contributed by atoms with Gasteiger partial charge in [0, 0.05) is 31.4 Å². The summed E-state index contributed by atoms with van der Waals surface area (Å²) >= 11 is 0. The molecule has 0 aliphatic heterocycles. The third-order valence-corrected chi connectivity index (χ3v) is 5.02. The van der Waals surface area contributed by atoms with Crippen LogP contribution in [0.3, 0.4) is 0 Å². The summed E-state index contributed by atoms with van der Waals surface area (Å²) in [6, 6.07) is 16.0. The van der Waals surface area contributed by atoms with E-state index in [1.54, 1.807) is 24.3 Å². The van der Waals surface area contributed by atoms with E-state index in [9.17, 15) is 19.2 Å². The van der Waals surface area contributed by atoms with Crippen LogP contribution in [0.5, 0.6) is 5.75 Å². The number of aryl methyl sites for hydroxylation is 1. The fourth-order valence-electron chi connectivity index (χ4n) is 3.21. The molecule has 0 aliphatic carbocycles. The van der Waals surface area contributed by atoms with Crippen LogP contribution in [-0.2, 0) is 25.6 Å². The minimum Gasteiger partial charge on any atom is -0.494 e. The molecule has 0 saturated heterocycles. The van der Waals surface area contributed by atoms with Gasteiger partial charge in [-0.25, -0.2) is 0 Å². The molecule has 0 aliphatic rings. The summed E-state index contributed by atoms with van der Waals surface area (Å²) < 4.78 is 5.52. The number of carboxylic acids is 1. The second-order valence-electron chi connectivity index (χ2n) is 7.76. The molecule has 2 aromatic rings. The number of aliphatic carboxylic acids is 1. The Kier molecular flexibility index (Phi) is 9.88. The number of hydrogen-bond donors (Lipinski definition) is 5. The predicted molar refractivity (Wildman–Crippen MR) is 126 cm³/mol. The van der Waals surface area contributed by atoms with Gasteiger partial charge in [-0.2, -0.15) is 0 Å². The van der Waals surface area contributed by atoms with Crippen molar-refractivity contribution in [3.8, 4) is 5.75 Å². The molecule has 0 aromatic heterocycles. The zero-order valence-electron chi connectivity index (χ0n) is 18.8. The number of ether oxygens (including phenoxy) is 1. The Hall–Kier alpha value is -4.08. The second-order valence-corrected chi connectivity index (χ2v) is 7.76. The zero-order valence-corrected chi connectivity index (χ0v) is 18.8. The monoisotopic (exact) mass is 470 g/mol. The average molecular weight is 471 g/mol. The number of amides is 3. The van der Waals surface area contributed by atoms with E-state index in [0.29, 0.717) is 24.3 Å². The third-order valence-electron chi connectivity index (χ3n) is 5.02. The summed E-state index contributed by atoms with van der Waals surface area (Å²) in [5, 5.41) is 14.4. The first-order valence-electron chi connectivity index (χ1n) is 10.9. The maximum atomic E-state index is 12.6. The summed E-state index contributed by atoms with van der Waals surface area (Å²) in [4.78, 5) is 46.7. The molecule has 1 atom stereocenters. The van der Waals surface area contributed by atoms with Gasteiger partial charge in [0.1, 0.15) is 5.75 Å². The van der Waals surface area contributed by atoms with Gasteiger partial charge in [0.2, 0.25) is 11.8 Å². The number of carbonyl (C=O) groups excluding carboxylic acids is 3. The highest BCUT2D eigenvalue weighted by atomic mass is 16.5. The summed E-state index contributed by atoms with van der Waals surface area (Å²) in [5.74, 6) is -2.33. The summed E-state index contributed by atoms with van der Waals surface area (Å²) in [7, 11) is 0. The molecule has 2 rings (SSSR count). The van der Waals surface area contributed by atoms with Crippen molar-refractivity contribution in [1.82, 2.24) is 5.32 Å². The maximum absolute atomic E-state index is 12.6. The quantitative estimate of drug-likeness (QED) is 0.194. The molecule has 34 heavy (non-hydrogen) atoms. The Morgan fingerprint density at radius 3 is 2.18 bits per heavy atom. The number of nitrogens with one attached hydrogen (secondary N) is 2. The first-order valence-corrected chi connectivity index (χ1v) is 10.9. The molecule has 7 N–H and O–H groups in total. The fraction of sp³-hybridized carbons (Fsp3) is 0.333. The predicted octanol–water partition coefficient (Wildman–Crippen LogP) is 1.54. The lowest BCUT2D eigenvalue weighted by atomic mass is 9.97. The molecule has 0 bridgehead atoms. The van der Waals surface area contributed by atoms with Gasteiger partial charge in [-0.3, -0.25) is 19.2 Å². The van der Waals surface area contributed by atoms with E-state index in [-0.39, 0.29) is 32.3 Å². The molecule has 0 saturated carbocycles. The maximum Gasteiger partial charge on any atom is 0.303 e. The Balaban J connectivity index is 2.16. The average Bonchev–Trinajstić information content (AvgIpc) is 2.80. The first-order chi connectivity index (χ1) is 16.2. The lowest BCUT2D eigenvalue weighted by Gasteiger charge is -2.34. The smallest absolute Gasteiger partial charge is 0.303 e. The van der Waals surface area contributed by atoms with Crippen molar-refractivity contribution in [3.63, 3.8) is 0 Å². The molecule has 182 valence electrons. The first kappa shape index (κ1) is 26.2. The van der Waals surface area contributed by atoms with Crippen LogP contribution in [0.2, 0.25) is 0 Å². The molecule has 0 spiro atoms. The standard InChI is InChI=1S/C24H30N4O6/c25-20(29)12-13-21(30)28-24(23(26)33,15-14-17-5-2-1-3-6-17)27-18-8-10-19(11-9-18)34-16-4-7-22(31)32/h1-3,5-6,8-11,27H,4,7,12-16H2,(H2,25,29)(H2,26,33)(H,28,30)(H,31,32). The fourth-order valence-corrected chi connectivity index (χ4v) is 3.21. The third kappa shape index (κ3) is 8.81. The van der Waals surface area contributed by atoms with Gasteiger partial charge < -0.3 is 31.9 Å². The van der Waals surface area contributed by atoms with Crippen molar-refractivity contribution in [1.29, 1.82) is 0 Å². The minimum absolute atomic E-state index is 0.0115. The molecule has 2 aromatic carbocycles. The van der Waals surface area contributed by atoms with Crippen LogP contribution in [0.25, 0.3) is 0 Å². The lowest BCUT2D eigenvalue weighted by Crippen LogP contribution is -2.63. The molecular formula is C24H30N4O6. The number of anilines is 1. The van der Waals surface area contributed by atoms with E-state index < -0.39 is 29.4 Å². The SMILES string of the molecule is NC(=O)CCC(=O)NC(CCc1ccccc1)(Nc1ccc(OCCCC(=O)O)cc1)C(N)=O. The van der Waals surface area contributed by atoms with Gasteiger partial charge in [-0.1, -0.05) is 30.3 Å². The van der Waals surface area contributed by atoms with Gasteiger partial charge in [-0.05, 0) is 42.7 Å². The molecule has 0 fully saturated rings. The van der Waals surface area contributed by atoms with Crippen LogP contribution < -0.4 is 26.8 Å². The van der Waals surface area contributed by atoms with Gasteiger partial charge in [0.15, 0.2) is 5.66 Å². The molecule has 10 nitrogen and oxygen atoms in total. The normalized spacial score (nSPS) is 12.2. The van der Waals surface area contributed by atoms with E-state index in [0.717, 1.165) is 5.56 Å². The van der Waals surface area contributed by atoms with Gasteiger partial charge >= 0.3 is 5.97 Å². The number of hydrogen-bond acceptors (Lipinski definition) is 6. The lowest BCUT2D eigenvalue weighted by molar-refractivity contribution is -0.137. The number of nitrogens with two attached hydrogens (primary N) is 2. The van der Waals surface area contributed by atoms with E-state index in [1.165, 1.54) is 0 Å². The van der Waals surface area contributed by atoms with E-state index >= 15 is 0 Å². The number of carbonyl (C=O) groups is 4. The van der Waals surface area contributed by atoms with Crippen molar-refractivity contribution in [2.24, 2.45) is 11.5 Å². The topological polar surface area (TPSA) is 174 Å². The molecule has 1 unspecified atom stereocenters. The second kappa shape index (κ2) is 12.8. The van der Waals surface area contributed by atoms with Crippen molar-refractivity contribution >= 4 is 29.4 Å². The Morgan fingerprint density at radius 2 is 1.59 bits per heavy atom. The van der Waals surface area contributed by atoms with E-state index in [2.05, 4.69) is 10.6 Å². The van der Waals surface area contributed by atoms with Gasteiger partial charge in [-0.15, -0.1) is 0 Å². The molecule has 0 heterocycles.